The molecule has 0 aliphatic carbocycles. The highest BCUT2D eigenvalue weighted by atomic mass is 16.1. The number of hydrogen-bond donors (Lipinski definition) is 3. The topological polar surface area (TPSA) is 93.5 Å². The Morgan fingerprint density at radius 3 is 2.57 bits per heavy atom. The summed E-state index contributed by atoms with van der Waals surface area (Å²) in [6, 6.07) is 15.1. The number of nitrogens with two attached hydrogens (primary N) is 2. The molecule has 0 aliphatic rings. The first-order valence-electron chi connectivity index (χ1n) is 7.51. The average Bonchev–Trinajstić information content (AvgIpc) is 2.53. The summed E-state index contributed by atoms with van der Waals surface area (Å²) in [4.78, 5) is 15.5. The van der Waals surface area contributed by atoms with Crippen LogP contribution in [0.2, 0.25) is 0 Å². The number of primary amides is 1. The molecule has 0 bridgehead atoms. The molecule has 0 unspecified atom stereocenters. The first kappa shape index (κ1) is 16.5. The van der Waals surface area contributed by atoms with Gasteiger partial charge in [-0.05, 0) is 41.3 Å². The van der Waals surface area contributed by atoms with E-state index in [2.05, 4.69) is 36.3 Å². The Kier molecular flexibility index (Phi) is 5.36. The molecular formula is C18H22N4O. The lowest BCUT2D eigenvalue weighted by atomic mass is 10.0. The van der Waals surface area contributed by atoms with Crippen LogP contribution in [0, 0.1) is 0 Å². The molecule has 5 nitrogen and oxygen atoms in total. The van der Waals surface area contributed by atoms with Crippen molar-refractivity contribution in [2.75, 3.05) is 5.32 Å². The Morgan fingerprint density at radius 2 is 1.87 bits per heavy atom. The smallest absolute Gasteiger partial charge is 0.248 e. The van der Waals surface area contributed by atoms with Crippen molar-refractivity contribution in [3.8, 4) is 0 Å². The SMILES string of the molecule is CC(C)c1cccc(NC(N)=NCc2cccc(C(N)=O)c2)c1. The number of anilines is 1. The minimum absolute atomic E-state index is 0.329. The number of nitrogens with zero attached hydrogens (tertiary/aromatic N) is 1. The molecule has 0 aliphatic heterocycles. The van der Waals surface area contributed by atoms with Gasteiger partial charge in [-0.1, -0.05) is 38.1 Å². The van der Waals surface area contributed by atoms with Crippen LogP contribution in [0.15, 0.2) is 53.5 Å². The summed E-state index contributed by atoms with van der Waals surface area (Å²) in [6.07, 6.45) is 0. The fourth-order valence-electron chi connectivity index (χ4n) is 2.16. The largest absolute Gasteiger partial charge is 0.370 e. The summed E-state index contributed by atoms with van der Waals surface area (Å²) in [5, 5.41) is 3.08. The van der Waals surface area contributed by atoms with Gasteiger partial charge >= 0.3 is 0 Å². The maximum Gasteiger partial charge on any atom is 0.248 e. The van der Waals surface area contributed by atoms with Gasteiger partial charge < -0.3 is 16.8 Å². The number of rotatable bonds is 5. The molecule has 0 heterocycles. The van der Waals surface area contributed by atoms with Gasteiger partial charge in [0.1, 0.15) is 0 Å². The van der Waals surface area contributed by atoms with Crippen molar-refractivity contribution in [2.24, 2.45) is 16.5 Å². The first-order valence-corrected chi connectivity index (χ1v) is 7.51. The van der Waals surface area contributed by atoms with Gasteiger partial charge in [0.25, 0.3) is 0 Å². The van der Waals surface area contributed by atoms with Gasteiger partial charge in [0.2, 0.25) is 5.91 Å². The van der Waals surface area contributed by atoms with Crippen molar-refractivity contribution < 1.29 is 4.79 Å². The normalized spacial score (nSPS) is 11.5. The fourth-order valence-corrected chi connectivity index (χ4v) is 2.16. The van der Waals surface area contributed by atoms with Crippen LogP contribution >= 0.6 is 0 Å². The number of carbonyl (C=O) groups excluding carboxylic acids is 1. The highest BCUT2D eigenvalue weighted by Crippen LogP contribution is 2.18. The first-order chi connectivity index (χ1) is 11.0. The summed E-state index contributed by atoms with van der Waals surface area (Å²) in [5.74, 6) is 0.328. The molecular weight excluding hydrogens is 288 g/mol. The van der Waals surface area contributed by atoms with Crippen LogP contribution in [0.5, 0.6) is 0 Å². The molecule has 120 valence electrons. The average molecular weight is 310 g/mol. The summed E-state index contributed by atoms with van der Waals surface area (Å²) < 4.78 is 0. The minimum atomic E-state index is -0.451. The molecule has 0 spiro atoms. The minimum Gasteiger partial charge on any atom is -0.370 e. The van der Waals surface area contributed by atoms with E-state index < -0.39 is 5.91 Å². The van der Waals surface area contributed by atoms with Crippen molar-refractivity contribution in [3.63, 3.8) is 0 Å². The van der Waals surface area contributed by atoms with Crippen LogP contribution in [-0.4, -0.2) is 11.9 Å². The van der Waals surface area contributed by atoms with E-state index in [-0.39, 0.29) is 0 Å². The summed E-state index contributed by atoms with van der Waals surface area (Å²) in [5.41, 5.74) is 14.7. The van der Waals surface area contributed by atoms with Gasteiger partial charge in [-0.25, -0.2) is 4.99 Å². The van der Waals surface area contributed by atoms with E-state index in [1.165, 1.54) is 5.56 Å². The third-order valence-corrected chi connectivity index (χ3v) is 3.47. The van der Waals surface area contributed by atoms with Gasteiger partial charge in [-0.15, -0.1) is 0 Å². The van der Waals surface area contributed by atoms with E-state index >= 15 is 0 Å². The van der Waals surface area contributed by atoms with Crippen LogP contribution in [-0.2, 0) is 6.54 Å². The molecule has 0 saturated carbocycles. The molecule has 1 amide bonds. The molecule has 0 radical (unpaired) electrons. The van der Waals surface area contributed by atoms with Crippen molar-refractivity contribution in [3.05, 3.63) is 65.2 Å². The van der Waals surface area contributed by atoms with Gasteiger partial charge in [0, 0.05) is 11.3 Å². The Labute approximate surface area is 136 Å². The monoisotopic (exact) mass is 310 g/mol. The van der Waals surface area contributed by atoms with E-state index in [1.807, 2.05) is 18.2 Å². The lowest BCUT2D eigenvalue weighted by Crippen LogP contribution is -2.22. The second-order valence-corrected chi connectivity index (χ2v) is 5.67. The van der Waals surface area contributed by atoms with E-state index in [1.54, 1.807) is 18.2 Å². The van der Waals surface area contributed by atoms with Gasteiger partial charge in [-0.3, -0.25) is 4.79 Å². The van der Waals surface area contributed by atoms with Crippen molar-refractivity contribution in [2.45, 2.75) is 26.3 Å². The number of nitrogens with one attached hydrogen (secondary N) is 1. The van der Waals surface area contributed by atoms with Crippen LogP contribution < -0.4 is 16.8 Å². The van der Waals surface area contributed by atoms with Crippen LogP contribution in [0.4, 0.5) is 5.69 Å². The molecule has 5 N–H and O–H groups in total. The predicted molar refractivity (Wildman–Crippen MR) is 94.4 cm³/mol. The summed E-state index contributed by atoms with van der Waals surface area (Å²) in [7, 11) is 0. The van der Waals surface area contributed by atoms with E-state index in [4.69, 9.17) is 11.5 Å². The lowest BCUT2D eigenvalue weighted by Gasteiger charge is -2.10. The number of hydrogen-bond acceptors (Lipinski definition) is 2. The molecule has 2 aromatic carbocycles. The molecule has 0 fully saturated rings. The highest BCUT2D eigenvalue weighted by molar-refractivity contribution is 5.93. The molecule has 5 heteroatoms. The maximum absolute atomic E-state index is 11.2. The van der Waals surface area contributed by atoms with Crippen molar-refractivity contribution >= 4 is 17.6 Å². The van der Waals surface area contributed by atoms with E-state index in [9.17, 15) is 4.79 Å². The van der Waals surface area contributed by atoms with Crippen molar-refractivity contribution in [1.82, 2.24) is 0 Å². The molecule has 2 aromatic rings. The second kappa shape index (κ2) is 7.45. The number of benzene rings is 2. The van der Waals surface area contributed by atoms with Gasteiger partial charge in [-0.2, -0.15) is 0 Å². The molecule has 2 rings (SSSR count). The zero-order valence-corrected chi connectivity index (χ0v) is 13.4. The zero-order valence-electron chi connectivity index (χ0n) is 13.4. The molecule has 0 saturated heterocycles. The standard InChI is InChI=1S/C18H22N4O/c1-12(2)14-6-4-8-16(10-14)22-18(20)21-11-13-5-3-7-15(9-13)17(19)23/h3-10,12H,11H2,1-2H3,(H2,19,23)(H3,20,21,22). The van der Waals surface area contributed by atoms with Crippen molar-refractivity contribution in [1.29, 1.82) is 0 Å². The van der Waals surface area contributed by atoms with E-state index in [0.717, 1.165) is 11.3 Å². The van der Waals surface area contributed by atoms with E-state index in [0.29, 0.717) is 24.0 Å². The fraction of sp³-hybridized carbons (Fsp3) is 0.222. The third kappa shape index (κ3) is 4.85. The van der Waals surface area contributed by atoms with Crippen LogP contribution in [0.25, 0.3) is 0 Å². The Balaban J connectivity index is 2.04. The number of guanidine groups is 1. The van der Waals surface area contributed by atoms with Gasteiger partial charge in [0.15, 0.2) is 5.96 Å². The number of aliphatic imine (C=N–C) groups is 1. The summed E-state index contributed by atoms with van der Waals surface area (Å²) >= 11 is 0. The molecule has 23 heavy (non-hydrogen) atoms. The van der Waals surface area contributed by atoms with Gasteiger partial charge in [0.05, 0.1) is 6.54 Å². The maximum atomic E-state index is 11.2. The highest BCUT2D eigenvalue weighted by Gasteiger charge is 2.03. The lowest BCUT2D eigenvalue weighted by molar-refractivity contribution is 0.1000. The van der Waals surface area contributed by atoms with Crippen LogP contribution in [0.3, 0.4) is 0 Å². The molecule has 0 aromatic heterocycles. The quantitative estimate of drug-likeness (QED) is 0.585. The third-order valence-electron chi connectivity index (χ3n) is 3.47. The second-order valence-electron chi connectivity index (χ2n) is 5.67. The molecule has 0 atom stereocenters. The van der Waals surface area contributed by atoms with Crippen LogP contribution in [0.1, 0.15) is 41.3 Å². The Morgan fingerprint density at radius 1 is 1.13 bits per heavy atom. The zero-order chi connectivity index (χ0) is 16.8. The number of carbonyl (C=O) groups is 1. The summed E-state index contributed by atoms with van der Waals surface area (Å²) in [6.45, 7) is 4.66. The number of amides is 1. The Bertz CT molecular complexity index is 722. The Hall–Kier alpha value is -2.82. The predicted octanol–water partition coefficient (Wildman–Crippen LogP) is 2.84.